The van der Waals surface area contributed by atoms with Crippen LogP contribution >= 0.6 is 0 Å². The van der Waals surface area contributed by atoms with E-state index in [9.17, 15) is 5.11 Å². The number of methoxy groups -OCH3 is 1. The fourth-order valence-corrected chi connectivity index (χ4v) is 3.84. The van der Waals surface area contributed by atoms with Crippen LogP contribution in [0.3, 0.4) is 0 Å². The van der Waals surface area contributed by atoms with Crippen LogP contribution in [0.1, 0.15) is 64.7 Å². The van der Waals surface area contributed by atoms with Gasteiger partial charge in [-0.1, -0.05) is 32.6 Å². The van der Waals surface area contributed by atoms with Gasteiger partial charge in [0.1, 0.15) is 0 Å². The zero-order valence-corrected chi connectivity index (χ0v) is 11.5. The van der Waals surface area contributed by atoms with E-state index in [1.807, 2.05) is 7.11 Å². The Balaban J connectivity index is 1.91. The van der Waals surface area contributed by atoms with Crippen LogP contribution in [-0.2, 0) is 4.74 Å². The van der Waals surface area contributed by atoms with Crippen molar-refractivity contribution >= 4 is 0 Å². The lowest BCUT2D eigenvalue weighted by Gasteiger charge is -2.44. The lowest BCUT2D eigenvalue weighted by molar-refractivity contribution is -0.113. The maximum Gasteiger partial charge on any atom is 0.0703 e. The van der Waals surface area contributed by atoms with E-state index in [0.29, 0.717) is 5.92 Å². The van der Waals surface area contributed by atoms with Crippen molar-refractivity contribution in [3.8, 4) is 0 Å². The number of aliphatic hydroxyl groups excluding tert-OH is 1. The standard InChI is InChI=1S/C15H28O2/c1-3-12-7-4-5-8-13(12)14(16)11-15(17-2)9-6-10-15/h12-14,16H,3-11H2,1-2H3. The third kappa shape index (κ3) is 2.85. The van der Waals surface area contributed by atoms with Crippen molar-refractivity contribution in [3.05, 3.63) is 0 Å². The Morgan fingerprint density at radius 1 is 1.24 bits per heavy atom. The molecular formula is C15H28O2. The molecule has 0 heterocycles. The zero-order chi connectivity index (χ0) is 12.3. The summed E-state index contributed by atoms with van der Waals surface area (Å²) in [6, 6.07) is 0. The molecule has 0 aromatic heterocycles. The lowest BCUT2D eigenvalue weighted by atomic mass is 9.69. The molecule has 1 N–H and O–H groups in total. The van der Waals surface area contributed by atoms with Crippen LogP contribution in [0.4, 0.5) is 0 Å². The Bertz CT molecular complexity index is 230. The molecule has 2 fully saturated rings. The van der Waals surface area contributed by atoms with Gasteiger partial charge in [0.15, 0.2) is 0 Å². The maximum absolute atomic E-state index is 10.5. The first-order chi connectivity index (χ1) is 8.21. The van der Waals surface area contributed by atoms with Crippen molar-refractivity contribution in [2.45, 2.75) is 76.4 Å². The maximum atomic E-state index is 10.5. The largest absolute Gasteiger partial charge is 0.393 e. The number of rotatable bonds is 5. The van der Waals surface area contributed by atoms with Crippen LogP contribution < -0.4 is 0 Å². The van der Waals surface area contributed by atoms with Gasteiger partial charge in [0.2, 0.25) is 0 Å². The Morgan fingerprint density at radius 2 is 1.94 bits per heavy atom. The fraction of sp³-hybridized carbons (Fsp3) is 1.00. The van der Waals surface area contributed by atoms with Gasteiger partial charge < -0.3 is 9.84 Å². The second kappa shape index (κ2) is 5.71. The minimum Gasteiger partial charge on any atom is -0.393 e. The Morgan fingerprint density at radius 3 is 2.47 bits per heavy atom. The van der Waals surface area contributed by atoms with Crippen LogP contribution in [0.2, 0.25) is 0 Å². The van der Waals surface area contributed by atoms with Crippen LogP contribution in [0.5, 0.6) is 0 Å². The van der Waals surface area contributed by atoms with Gasteiger partial charge in [-0.25, -0.2) is 0 Å². The van der Waals surface area contributed by atoms with Crippen molar-refractivity contribution in [1.82, 2.24) is 0 Å². The summed E-state index contributed by atoms with van der Waals surface area (Å²) in [4.78, 5) is 0. The number of hydrogen-bond acceptors (Lipinski definition) is 2. The van der Waals surface area contributed by atoms with Gasteiger partial charge in [0.05, 0.1) is 11.7 Å². The highest BCUT2D eigenvalue weighted by molar-refractivity contribution is 4.94. The summed E-state index contributed by atoms with van der Waals surface area (Å²) in [5, 5.41) is 10.5. The molecule has 0 bridgehead atoms. The van der Waals surface area contributed by atoms with Crippen molar-refractivity contribution in [2.24, 2.45) is 11.8 Å². The molecule has 0 spiro atoms. The first-order valence-corrected chi connectivity index (χ1v) is 7.44. The Kier molecular flexibility index (Phi) is 4.48. The van der Waals surface area contributed by atoms with Crippen molar-refractivity contribution in [1.29, 1.82) is 0 Å². The third-order valence-electron chi connectivity index (χ3n) is 5.27. The summed E-state index contributed by atoms with van der Waals surface area (Å²) in [5.74, 6) is 1.27. The predicted octanol–water partition coefficient (Wildman–Crippen LogP) is 3.52. The minimum absolute atomic E-state index is 0.0230. The van der Waals surface area contributed by atoms with Gasteiger partial charge in [0, 0.05) is 13.5 Å². The molecule has 3 unspecified atom stereocenters. The third-order valence-corrected chi connectivity index (χ3v) is 5.27. The first-order valence-electron chi connectivity index (χ1n) is 7.44. The Hall–Kier alpha value is -0.0800. The monoisotopic (exact) mass is 240 g/mol. The molecule has 3 atom stereocenters. The average Bonchev–Trinajstić information content (AvgIpc) is 2.33. The molecule has 0 aliphatic heterocycles. The second-order valence-electron chi connectivity index (χ2n) is 6.13. The molecule has 2 rings (SSSR count). The number of hydrogen-bond donors (Lipinski definition) is 1. The first kappa shape index (κ1) is 13.4. The highest BCUT2D eigenvalue weighted by atomic mass is 16.5. The molecule has 2 nitrogen and oxygen atoms in total. The van der Waals surface area contributed by atoms with Gasteiger partial charge in [-0.2, -0.15) is 0 Å². The highest BCUT2D eigenvalue weighted by Crippen LogP contribution is 2.43. The summed E-state index contributed by atoms with van der Waals surface area (Å²) in [6.07, 6.45) is 10.7. The average molecular weight is 240 g/mol. The van der Waals surface area contributed by atoms with E-state index in [4.69, 9.17) is 4.74 Å². The predicted molar refractivity (Wildman–Crippen MR) is 70.0 cm³/mol. The molecule has 0 aromatic carbocycles. The van der Waals surface area contributed by atoms with Gasteiger partial charge in [-0.15, -0.1) is 0 Å². The molecule has 2 heteroatoms. The SMILES string of the molecule is CCC1CCCCC1C(O)CC1(OC)CCC1. The van der Waals surface area contributed by atoms with Crippen molar-refractivity contribution in [2.75, 3.05) is 7.11 Å². The molecule has 2 saturated carbocycles. The van der Waals surface area contributed by atoms with E-state index >= 15 is 0 Å². The van der Waals surface area contributed by atoms with Crippen LogP contribution in [-0.4, -0.2) is 23.9 Å². The van der Waals surface area contributed by atoms with Crippen LogP contribution in [0, 0.1) is 11.8 Å². The zero-order valence-electron chi connectivity index (χ0n) is 11.5. The summed E-state index contributed by atoms with van der Waals surface area (Å²) in [6.45, 7) is 2.27. The molecule has 2 aliphatic carbocycles. The minimum atomic E-state index is -0.138. The molecule has 2 aliphatic rings. The fourth-order valence-electron chi connectivity index (χ4n) is 3.84. The summed E-state index contributed by atoms with van der Waals surface area (Å²) in [5.41, 5.74) is 0.0230. The summed E-state index contributed by atoms with van der Waals surface area (Å²) in [7, 11) is 1.81. The molecule has 100 valence electrons. The van der Waals surface area contributed by atoms with E-state index in [1.54, 1.807) is 0 Å². The van der Waals surface area contributed by atoms with E-state index in [2.05, 4.69) is 6.92 Å². The molecule has 0 amide bonds. The van der Waals surface area contributed by atoms with E-state index in [-0.39, 0.29) is 11.7 Å². The van der Waals surface area contributed by atoms with Crippen molar-refractivity contribution < 1.29 is 9.84 Å². The van der Waals surface area contributed by atoms with Crippen LogP contribution in [0.15, 0.2) is 0 Å². The highest BCUT2D eigenvalue weighted by Gasteiger charge is 2.41. The summed E-state index contributed by atoms with van der Waals surface area (Å²) < 4.78 is 5.64. The van der Waals surface area contributed by atoms with E-state index in [0.717, 1.165) is 25.2 Å². The van der Waals surface area contributed by atoms with Gasteiger partial charge in [-0.3, -0.25) is 0 Å². The number of aliphatic hydroxyl groups is 1. The van der Waals surface area contributed by atoms with Gasteiger partial charge >= 0.3 is 0 Å². The molecule has 0 aromatic rings. The van der Waals surface area contributed by atoms with Gasteiger partial charge in [-0.05, 0) is 37.5 Å². The van der Waals surface area contributed by atoms with Crippen molar-refractivity contribution in [3.63, 3.8) is 0 Å². The molecule has 17 heavy (non-hydrogen) atoms. The van der Waals surface area contributed by atoms with E-state index in [1.165, 1.54) is 38.5 Å². The van der Waals surface area contributed by atoms with Crippen LogP contribution in [0.25, 0.3) is 0 Å². The van der Waals surface area contributed by atoms with Gasteiger partial charge in [0.25, 0.3) is 0 Å². The topological polar surface area (TPSA) is 29.5 Å². The Labute approximate surface area is 106 Å². The second-order valence-corrected chi connectivity index (χ2v) is 6.13. The molecular weight excluding hydrogens is 212 g/mol. The van der Waals surface area contributed by atoms with E-state index < -0.39 is 0 Å². The normalized spacial score (nSPS) is 34.1. The lowest BCUT2D eigenvalue weighted by Crippen LogP contribution is -2.45. The quantitative estimate of drug-likeness (QED) is 0.796. The molecule has 0 saturated heterocycles. The summed E-state index contributed by atoms with van der Waals surface area (Å²) >= 11 is 0. The smallest absolute Gasteiger partial charge is 0.0703 e. The molecule has 0 radical (unpaired) electrons. The number of ether oxygens (including phenoxy) is 1.